The Morgan fingerprint density at radius 3 is 2.54 bits per heavy atom. The van der Waals surface area contributed by atoms with Crippen molar-refractivity contribution in [2.45, 2.75) is 6.92 Å². The summed E-state index contributed by atoms with van der Waals surface area (Å²) < 4.78 is 10.7. The molecule has 0 saturated carbocycles. The second-order valence-corrected chi connectivity index (χ2v) is 6.41. The first-order valence-electron chi connectivity index (χ1n) is 7.37. The number of thioether (sulfide) groups is 1. The third kappa shape index (κ3) is 2.45. The van der Waals surface area contributed by atoms with E-state index in [1.165, 1.54) is 4.90 Å². The highest BCUT2D eigenvalue weighted by Gasteiger charge is 2.36. The Bertz CT molecular complexity index is 876. The van der Waals surface area contributed by atoms with Crippen molar-refractivity contribution in [3.05, 3.63) is 58.5 Å². The van der Waals surface area contributed by atoms with Crippen molar-refractivity contribution in [1.29, 1.82) is 0 Å². The van der Waals surface area contributed by atoms with Gasteiger partial charge in [-0.2, -0.15) is 0 Å². The maximum Gasteiger partial charge on any atom is 0.298 e. The number of hydrogen-bond acceptors (Lipinski definition) is 5. The number of para-hydroxylation sites is 1. The fraction of sp³-hybridized carbons (Fsp3) is 0.111. The Hall–Kier alpha value is -2.73. The summed E-state index contributed by atoms with van der Waals surface area (Å²) in [5.74, 6) is 1.03. The van der Waals surface area contributed by atoms with Gasteiger partial charge < -0.3 is 9.47 Å². The van der Waals surface area contributed by atoms with Crippen LogP contribution in [0.5, 0.6) is 11.5 Å². The lowest BCUT2D eigenvalue weighted by Gasteiger charge is -2.11. The third-order valence-electron chi connectivity index (χ3n) is 3.86. The van der Waals surface area contributed by atoms with E-state index in [1.54, 1.807) is 30.3 Å². The van der Waals surface area contributed by atoms with Crippen molar-refractivity contribution >= 4 is 34.7 Å². The van der Waals surface area contributed by atoms with Crippen LogP contribution in [0.4, 0.5) is 10.5 Å². The van der Waals surface area contributed by atoms with E-state index in [4.69, 9.17) is 9.47 Å². The van der Waals surface area contributed by atoms with Crippen LogP contribution in [0, 0.1) is 6.92 Å². The number of nitrogens with zero attached hydrogens (tertiary/aromatic N) is 1. The second kappa shape index (κ2) is 5.72. The molecule has 1 fully saturated rings. The number of carbonyl (C=O) groups excluding carboxylic acids is 2. The predicted molar refractivity (Wildman–Crippen MR) is 92.2 cm³/mol. The summed E-state index contributed by atoms with van der Waals surface area (Å²) in [6.07, 6.45) is 1.73. The number of aryl methyl sites for hydroxylation is 1. The zero-order chi connectivity index (χ0) is 16.7. The van der Waals surface area contributed by atoms with E-state index in [1.807, 2.05) is 25.1 Å². The molecule has 0 radical (unpaired) electrons. The number of carbonyl (C=O) groups is 2. The number of imide groups is 1. The lowest BCUT2D eigenvalue weighted by molar-refractivity contribution is -0.113. The van der Waals surface area contributed by atoms with E-state index in [-0.39, 0.29) is 17.9 Å². The van der Waals surface area contributed by atoms with Crippen LogP contribution in [0.25, 0.3) is 6.08 Å². The van der Waals surface area contributed by atoms with Crippen molar-refractivity contribution in [3.63, 3.8) is 0 Å². The Balaban J connectivity index is 1.70. The van der Waals surface area contributed by atoms with E-state index in [2.05, 4.69) is 0 Å². The summed E-state index contributed by atoms with van der Waals surface area (Å²) in [6, 6.07) is 12.6. The third-order valence-corrected chi connectivity index (χ3v) is 4.73. The van der Waals surface area contributed by atoms with Gasteiger partial charge in [-0.1, -0.05) is 18.2 Å². The molecule has 5 nitrogen and oxygen atoms in total. The molecule has 24 heavy (non-hydrogen) atoms. The molecule has 6 heteroatoms. The largest absolute Gasteiger partial charge is 0.454 e. The maximum absolute atomic E-state index is 12.6. The van der Waals surface area contributed by atoms with Gasteiger partial charge in [0.1, 0.15) is 0 Å². The summed E-state index contributed by atoms with van der Waals surface area (Å²) >= 11 is 0.940. The summed E-state index contributed by atoms with van der Waals surface area (Å²) in [6.45, 7) is 2.12. The van der Waals surface area contributed by atoms with Gasteiger partial charge in [-0.25, -0.2) is 4.90 Å². The van der Waals surface area contributed by atoms with E-state index in [9.17, 15) is 9.59 Å². The zero-order valence-electron chi connectivity index (χ0n) is 12.8. The minimum Gasteiger partial charge on any atom is -0.454 e. The summed E-state index contributed by atoms with van der Waals surface area (Å²) in [5, 5.41) is -0.296. The molecule has 1 saturated heterocycles. The van der Waals surface area contributed by atoms with E-state index < -0.39 is 0 Å². The Labute approximate surface area is 142 Å². The van der Waals surface area contributed by atoms with Crippen LogP contribution in [0.3, 0.4) is 0 Å². The molecule has 2 heterocycles. The van der Waals surface area contributed by atoms with Gasteiger partial charge in [0.25, 0.3) is 11.1 Å². The van der Waals surface area contributed by atoms with Crippen molar-refractivity contribution in [3.8, 4) is 11.5 Å². The molecular formula is C18H13NO4S. The minimum atomic E-state index is -0.312. The van der Waals surface area contributed by atoms with Crippen LogP contribution < -0.4 is 14.4 Å². The smallest absolute Gasteiger partial charge is 0.298 e. The summed E-state index contributed by atoms with van der Waals surface area (Å²) in [4.78, 5) is 26.5. The van der Waals surface area contributed by atoms with Crippen molar-refractivity contribution in [2.24, 2.45) is 0 Å². The molecule has 0 atom stereocenters. The average molecular weight is 339 g/mol. The van der Waals surface area contributed by atoms with Gasteiger partial charge in [-0.05, 0) is 60.2 Å². The number of rotatable bonds is 2. The number of benzene rings is 2. The Morgan fingerprint density at radius 2 is 1.79 bits per heavy atom. The first-order chi connectivity index (χ1) is 11.6. The quantitative estimate of drug-likeness (QED) is 0.775. The van der Waals surface area contributed by atoms with Gasteiger partial charge in [0, 0.05) is 0 Å². The molecule has 0 spiro atoms. The normalized spacial score (nSPS) is 17.9. The fourth-order valence-electron chi connectivity index (χ4n) is 2.62. The van der Waals surface area contributed by atoms with Crippen LogP contribution in [-0.4, -0.2) is 17.9 Å². The van der Waals surface area contributed by atoms with Gasteiger partial charge in [-0.3, -0.25) is 9.59 Å². The van der Waals surface area contributed by atoms with E-state index in [0.29, 0.717) is 22.1 Å². The summed E-state index contributed by atoms with van der Waals surface area (Å²) in [5.41, 5.74) is 2.36. The van der Waals surface area contributed by atoms with Crippen LogP contribution in [0.15, 0.2) is 47.4 Å². The van der Waals surface area contributed by atoms with Gasteiger partial charge in [0.2, 0.25) is 6.79 Å². The molecule has 2 aliphatic rings. The van der Waals surface area contributed by atoms with Crippen LogP contribution in [0.2, 0.25) is 0 Å². The molecular weight excluding hydrogens is 326 g/mol. The SMILES string of the molecule is Cc1cc2c(cc1C=C1SC(=O)N(c3ccccc3)C1=O)OCO2. The van der Waals surface area contributed by atoms with Crippen molar-refractivity contribution in [2.75, 3.05) is 11.7 Å². The van der Waals surface area contributed by atoms with Crippen LogP contribution in [0.1, 0.15) is 11.1 Å². The molecule has 2 aromatic rings. The van der Waals surface area contributed by atoms with Gasteiger partial charge in [0.15, 0.2) is 11.5 Å². The van der Waals surface area contributed by atoms with Crippen molar-refractivity contribution < 1.29 is 19.1 Å². The highest BCUT2D eigenvalue weighted by atomic mass is 32.2. The lowest BCUT2D eigenvalue weighted by atomic mass is 10.1. The van der Waals surface area contributed by atoms with Gasteiger partial charge >= 0.3 is 0 Å². The Kier molecular flexibility index (Phi) is 3.54. The van der Waals surface area contributed by atoms with Crippen LogP contribution >= 0.6 is 11.8 Å². The number of anilines is 1. The fourth-order valence-corrected chi connectivity index (χ4v) is 3.46. The molecule has 2 amide bonds. The maximum atomic E-state index is 12.6. The first-order valence-corrected chi connectivity index (χ1v) is 8.18. The molecule has 2 aromatic carbocycles. The molecule has 120 valence electrons. The number of fused-ring (bicyclic) bond motifs is 1. The standard InChI is InChI=1S/C18H13NO4S/c1-11-7-14-15(23-10-22-14)8-12(11)9-16-17(20)19(18(21)24-16)13-5-3-2-4-6-13/h2-9H,10H2,1H3. The first kappa shape index (κ1) is 14.8. The molecule has 0 N–H and O–H groups in total. The van der Waals surface area contributed by atoms with Gasteiger partial charge in [-0.15, -0.1) is 0 Å². The zero-order valence-corrected chi connectivity index (χ0v) is 13.6. The topological polar surface area (TPSA) is 55.8 Å². The molecule has 0 bridgehead atoms. The monoisotopic (exact) mass is 339 g/mol. The van der Waals surface area contributed by atoms with E-state index in [0.717, 1.165) is 22.9 Å². The van der Waals surface area contributed by atoms with Crippen LogP contribution in [-0.2, 0) is 4.79 Å². The minimum absolute atomic E-state index is 0.197. The summed E-state index contributed by atoms with van der Waals surface area (Å²) in [7, 11) is 0. The molecule has 0 unspecified atom stereocenters. The highest BCUT2D eigenvalue weighted by molar-refractivity contribution is 8.19. The molecule has 0 aromatic heterocycles. The Morgan fingerprint density at radius 1 is 1.08 bits per heavy atom. The number of hydrogen-bond donors (Lipinski definition) is 0. The highest BCUT2D eigenvalue weighted by Crippen LogP contribution is 2.39. The lowest BCUT2D eigenvalue weighted by Crippen LogP contribution is -2.27. The molecule has 4 rings (SSSR count). The van der Waals surface area contributed by atoms with E-state index >= 15 is 0 Å². The molecule has 2 aliphatic heterocycles. The van der Waals surface area contributed by atoms with Crippen molar-refractivity contribution in [1.82, 2.24) is 0 Å². The van der Waals surface area contributed by atoms with Gasteiger partial charge in [0.05, 0.1) is 10.6 Å². The average Bonchev–Trinajstić information content (AvgIpc) is 3.13. The predicted octanol–water partition coefficient (Wildman–Crippen LogP) is 3.96. The number of ether oxygens (including phenoxy) is 2. The molecule has 0 aliphatic carbocycles. The second-order valence-electron chi connectivity index (χ2n) is 5.41. The number of amides is 2.